The van der Waals surface area contributed by atoms with Crippen molar-refractivity contribution in [1.29, 1.82) is 0 Å². The van der Waals surface area contributed by atoms with E-state index in [1.807, 2.05) is 11.8 Å². The second-order valence-electron chi connectivity index (χ2n) is 4.62. The largest absolute Gasteiger partial charge is 0.303 e. The maximum atomic E-state index is 11.2. The Hall–Kier alpha value is -0.0200. The summed E-state index contributed by atoms with van der Waals surface area (Å²) in [7, 11) is 2.17. The third kappa shape index (κ3) is 3.22. The van der Waals surface area contributed by atoms with Crippen molar-refractivity contribution < 1.29 is 4.79 Å². The molecular formula is C12H23NOS. The Morgan fingerprint density at radius 1 is 1.47 bits per heavy atom. The van der Waals surface area contributed by atoms with Crippen LogP contribution >= 0.6 is 11.8 Å². The Morgan fingerprint density at radius 2 is 2.13 bits per heavy atom. The number of aldehydes is 1. The molecule has 1 aliphatic heterocycles. The average molecular weight is 229 g/mol. The van der Waals surface area contributed by atoms with Crippen LogP contribution < -0.4 is 0 Å². The first-order valence-corrected chi connectivity index (χ1v) is 7.07. The number of rotatable bonds is 6. The summed E-state index contributed by atoms with van der Waals surface area (Å²) in [6.45, 7) is 5.17. The second-order valence-corrected chi connectivity index (χ2v) is 5.77. The van der Waals surface area contributed by atoms with Crippen molar-refractivity contribution in [2.24, 2.45) is 5.41 Å². The molecule has 3 heteroatoms. The molecule has 1 saturated heterocycles. The molecule has 1 unspecified atom stereocenters. The van der Waals surface area contributed by atoms with Crippen molar-refractivity contribution in [2.45, 2.75) is 39.2 Å². The van der Waals surface area contributed by atoms with E-state index in [2.05, 4.69) is 25.8 Å². The van der Waals surface area contributed by atoms with Crippen LogP contribution in [-0.4, -0.2) is 42.3 Å². The van der Waals surface area contributed by atoms with Crippen LogP contribution in [0.5, 0.6) is 0 Å². The van der Waals surface area contributed by atoms with Gasteiger partial charge in [0.2, 0.25) is 0 Å². The molecule has 0 N–H and O–H groups in total. The van der Waals surface area contributed by atoms with E-state index in [9.17, 15) is 4.79 Å². The molecule has 88 valence electrons. The Balaban J connectivity index is 2.52. The lowest BCUT2D eigenvalue weighted by Crippen LogP contribution is -2.41. The van der Waals surface area contributed by atoms with Crippen LogP contribution in [0.25, 0.3) is 0 Å². The van der Waals surface area contributed by atoms with E-state index in [0.29, 0.717) is 6.04 Å². The highest BCUT2D eigenvalue weighted by Gasteiger charge is 2.30. The number of nitrogens with zero attached hydrogens (tertiary/aromatic N) is 1. The van der Waals surface area contributed by atoms with Crippen LogP contribution in [0.1, 0.15) is 33.1 Å². The number of carbonyl (C=O) groups is 1. The molecule has 0 saturated carbocycles. The van der Waals surface area contributed by atoms with Gasteiger partial charge in [-0.2, -0.15) is 11.8 Å². The standard InChI is InChI=1S/C12H23NOS/c1-4-12(5-2,10-14)9-13(3)11-6-7-15-8-11/h10-11H,4-9H2,1-3H3. The van der Waals surface area contributed by atoms with Crippen LogP contribution in [0, 0.1) is 5.41 Å². The van der Waals surface area contributed by atoms with Gasteiger partial charge in [0.05, 0.1) is 0 Å². The normalized spacial score (nSPS) is 22.3. The van der Waals surface area contributed by atoms with Gasteiger partial charge >= 0.3 is 0 Å². The summed E-state index contributed by atoms with van der Waals surface area (Å²) in [5.41, 5.74) is -0.109. The highest BCUT2D eigenvalue weighted by molar-refractivity contribution is 7.99. The second kappa shape index (κ2) is 5.90. The highest BCUT2D eigenvalue weighted by atomic mass is 32.2. The summed E-state index contributed by atoms with van der Waals surface area (Å²) in [6.07, 6.45) is 4.36. The third-order valence-electron chi connectivity index (χ3n) is 3.75. The van der Waals surface area contributed by atoms with Crippen molar-refractivity contribution in [3.63, 3.8) is 0 Å². The number of hydrogen-bond donors (Lipinski definition) is 0. The fourth-order valence-corrected chi connectivity index (χ4v) is 3.47. The molecule has 0 radical (unpaired) electrons. The Morgan fingerprint density at radius 3 is 2.53 bits per heavy atom. The van der Waals surface area contributed by atoms with E-state index in [-0.39, 0.29) is 5.41 Å². The topological polar surface area (TPSA) is 20.3 Å². The molecule has 0 aliphatic carbocycles. The number of thioether (sulfide) groups is 1. The predicted molar refractivity (Wildman–Crippen MR) is 67.4 cm³/mol. The zero-order chi connectivity index (χ0) is 11.3. The molecular weight excluding hydrogens is 206 g/mol. The fourth-order valence-electron chi connectivity index (χ4n) is 2.17. The molecule has 2 nitrogen and oxygen atoms in total. The molecule has 1 aliphatic rings. The van der Waals surface area contributed by atoms with Gasteiger partial charge in [-0.05, 0) is 32.1 Å². The first kappa shape index (κ1) is 13.0. The third-order valence-corrected chi connectivity index (χ3v) is 4.90. The summed E-state index contributed by atoms with van der Waals surface area (Å²) in [5.74, 6) is 2.51. The van der Waals surface area contributed by atoms with Crippen molar-refractivity contribution in [3.05, 3.63) is 0 Å². The van der Waals surface area contributed by atoms with Gasteiger partial charge in [0.25, 0.3) is 0 Å². The van der Waals surface area contributed by atoms with Gasteiger partial charge < -0.3 is 9.69 Å². The molecule has 0 aromatic carbocycles. The van der Waals surface area contributed by atoms with Gasteiger partial charge in [-0.25, -0.2) is 0 Å². The maximum absolute atomic E-state index is 11.2. The molecule has 1 heterocycles. The van der Waals surface area contributed by atoms with Gasteiger partial charge in [0.15, 0.2) is 0 Å². The van der Waals surface area contributed by atoms with Crippen molar-refractivity contribution >= 4 is 18.0 Å². The van der Waals surface area contributed by atoms with Crippen molar-refractivity contribution in [3.8, 4) is 0 Å². The lowest BCUT2D eigenvalue weighted by molar-refractivity contribution is -0.117. The minimum Gasteiger partial charge on any atom is -0.303 e. The predicted octanol–water partition coefficient (Wildman–Crippen LogP) is 2.43. The van der Waals surface area contributed by atoms with Gasteiger partial charge in [-0.1, -0.05) is 13.8 Å². The molecule has 0 bridgehead atoms. The zero-order valence-electron chi connectivity index (χ0n) is 10.2. The smallest absolute Gasteiger partial charge is 0.127 e. The van der Waals surface area contributed by atoms with Crippen LogP contribution in [0.3, 0.4) is 0 Å². The van der Waals surface area contributed by atoms with E-state index < -0.39 is 0 Å². The van der Waals surface area contributed by atoms with Crippen molar-refractivity contribution in [1.82, 2.24) is 4.90 Å². The van der Waals surface area contributed by atoms with Crippen LogP contribution in [0.4, 0.5) is 0 Å². The summed E-state index contributed by atoms with van der Waals surface area (Å²) in [6, 6.07) is 0.687. The average Bonchev–Trinajstić information content (AvgIpc) is 2.79. The van der Waals surface area contributed by atoms with E-state index in [1.54, 1.807) is 0 Å². The highest BCUT2D eigenvalue weighted by Crippen LogP contribution is 2.28. The Bertz CT molecular complexity index is 198. The van der Waals surface area contributed by atoms with E-state index >= 15 is 0 Å². The zero-order valence-corrected chi connectivity index (χ0v) is 11.0. The monoisotopic (exact) mass is 229 g/mol. The molecule has 0 aromatic heterocycles. The van der Waals surface area contributed by atoms with Gasteiger partial charge in [-0.3, -0.25) is 0 Å². The van der Waals surface area contributed by atoms with E-state index in [4.69, 9.17) is 0 Å². The van der Waals surface area contributed by atoms with Crippen LogP contribution in [0.15, 0.2) is 0 Å². The molecule has 1 rings (SSSR count). The quantitative estimate of drug-likeness (QED) is 0.652. The van der Waals surface area contributed by atoms with E-state index in [0.717, 1.165) is 19.4 Å². The minimum absolute atomic E-state index is 0.109. The molecule has 1 atom stereocenters. The van der Waals surface area contributed by atoms with Crippen molar-refractivity contribution in [2.75, 3.05) is 25.1 Å². The molecule has 15 heavy (non-hydrogen) atoms. The lowest BCUT2D eigenvalue weighted by atomic mass is 9.83. The van der Waals surface area contributed by atoms with Gasteiger partial charge in [-0.15, -0.1) is 0 Å². The minimum atomic E-state index is -0.109. The first-order chi connectivity index (χ1) is 7.17. The van der Waals surface area contributed by atoms with Gasteiger partial charge in [0.1, 0.15) is 6.29 Å². The van der Waals surface area contributed by atoms with E-state index in [1.165, 1.54) is 24.2 Å². The number of hydrogen-bond acceptors (Lipinski definition) is 3. The Labute approximate surface area is 97.8 Å². The molecule has 1 fully saturated rings. The summed E-state index contributed by atoms with van der Waals surface area (Å²) in [4.78, 5) is 13.6. The van der Waals surface area contributed by atoms with Crippen LogP contribution in [-0.2, 0) is 4.79 Å². The van der Waals surface area contributed by atoms with Crippen LogP contribution in [0.2, 0.25) is 0 Å². The lowest BCUT2D eigenvalue weighted by Gasteiger charge is -2.33. The SMILES string of the molecule is CCC(C=O)(CC)CN(C)C1CCSC1. The first-order valence-electron chi connectivity index (χ1n) is 5.91. The molecule has 0 amide bonds. The number of carbonyl (C=O) groups excluding carboxylic acids is 1. The summed E-state index contributed by atoms with van der Waals surface area (Å²) < 4.78 is 0. The summed E-state index contributed by atoms with van der Waals surface area (Å²) in [5, 5.41) is 0. The van der Waals surface area contributed by atoms with Gasteiger partial charge in [0, 0.05) is 23.8 Å². The molecule has 0 aromatic rings. The fraction of sp³-hybridized carbons (Fsp3) is 0.917. The Kier molecular flexibility index (Phi) is 5.13. The maximum Gasteiger partial charge on any atom is 0.127 e. The summed E-state index contributed by atoms with van der Waals surface area (Å²) >= 11 is 2.03. The molecule has 0 spiro atoms.